The summed E-state index contributed by atoms with van der Waals surface area (Å²) >= 11 is 0. The lowest BCUT2D eigenvalue weighted by atomic mass is 10.2. The molecular weight excluding hydrogens is 476 g/mol. The first-order chi connectivity index (χ1) is 17.5. The monoisotopic (exact) mass is 508 g/mol. The van der Waals surface area contributed by atoms with Crippen LogP contribution in [0, 0.1) is 13.1 Å². The molecule has 2 aromatic rings. The predicted octanol–water partition coefficient (Wildman–Crippen LogP) is 4.65. The Morgan fingerprint density at radius 3 is 1.76 bits per heavy atom. The Bertz CT molecular complexity index is 1110. The maximum atomic E-state index is 12.2. The molecule has 37 heavy (non-hydrogen) atoms. The van der Waals surface area contributed by atoms with Gasteiger partial charge in [-0.15, -0.1) is 0 Å². The lowest BCUT2D eigenvalue weighted by Gasteiger charge is -2.26. The van der Waals surface area contributed by atoms with E-state index in [-0.39, 0.29) is 25.6 Å². The number of carbonyl (C=O) groups is 3. The molecule has 10 nitrogen and oxygen atoms in total. The third kappa shape index (κ3) is 12.7. The van der Waals surface area contributed by atoms with E-state index in [0.29, 0.717) is 17.9 Å². The first kappa shape index (κ1) is 30.6. The fourth-order valence-corrected chi connectivity index (χ4v) is 2.70. The molecule has 0 unspecified atom stereocenters. The van der Waals surface area contributed by atoms with E-state index in [1.54, 1.807) is 57.2 Å². The van der Waals surface area contributed by atoms with Crippen molar-refractivity contribution in [1.29, 1.82) is 0 Å². The highest BCUT2D eigenvalue weighted by Gasteiger charge is 2.24. The van der Waals surface area contributed by atoms with Gasteiger partial charge in [0.05, 0.1) is 33.9 Å². The van der Waals surface area contributed by atoms with E-state index in [0.717, 1.165) is 11.1 Å². The van der Waals surface area contributed by atoms with Crippen LogP contribution in [0.2, 0.25) is 0 Å². The Labute approximate surface area is 217 Å². The number of nitrogens with zero attached hydrogens (tertiary/aromatic N) is 3. The molecule has 0 heterocycles. The van der Waals surface area contributed by atoms with Crippen LogP contribution in [0.4, 0.5) is 16.2 Å². The minimum atomic E-state index is -0.653. The zero-order valence-corrected chi connectivity index (χ0v) is 21.7. The van der Waals surface area contributed by atoms with Crippen molar-refractivity contribution in [2.24, 2.45) is 0 Å². The van der Waals surface area contributed by atoms with Gasteiger partial charge in [-0.3, -0.25) is 14.5 Å². The molecule has 0 saturated carbocycles. The minimum Gasteiger partial charge on any atom is -0.468 e. The molecular formula is C27H32N4O6. The van der Waals surface area contributed by atoms with Gasteiger partial charge in [0.2, 0.25) is 0 Å². The fourth-order valence-electron chi connectivity index (χ4n) is 2.70. The summed E-state index contributed by atoms with van der Waals surface area (Å²) in [6.45, 7) is 19.8. The van der Waals surface area contributed by atoms with Crippen LogP contribution in [-0.2, 0) is 36.9 Å². The second-order valence-electron chi connectivity index (χ2n) is 8.65. The van der Waals surface area contributed by atoms with Crippen LogP contribution in [0.5, 0.6) is 0 Å². The lowest BCUT2D eigenvalue weighted by Crippen LogP contribution is -2.39. The number of ether oxygens (including phenoxy) is 3. The van der Waals surface area contributed by atoms with Crippen molar-refractivity contribution in [3.05, 3.63) is 82.5 Å². The lowest BCUT2D eigenvalue weighted by molar-refractivity contribution is -0.142. The molecule has 196 valence electrons. The highest BCUT2D eigenvalue weighted by atomic mass is 16.6. The Morgan fingerprint density at radius 1 is 0.838 bits per heavy atom. The Morgan fingerprint density at radius 2 is 1.32 bits per heavy atom. The Kier molecular flexibility index (Phi) is 12.9. The van der Waals surface area contributed by atoms with Crippen molar-refractivity contribution in [2.75, 3.05) is 27.3 Å². The molecule has 0 aliphatic heterocycles. The number of hydrogen-bond donors (Lipinski definition) is 1. The van der Waals surface area contributed by atoms with E-state index in [9.17, 15) is 14.4 Å². The van der Waals surface area contributed by atoms with Crippen molar-refractivity contribution in [1.82, 2.24) is 10.2 Å². The van der Waals surface area contributed by atoms with Crippen LogP contribution < -0.4 is 5.32 Å². The molecule has 0 spiro atoms. The molecule has 0 fully saturated rings. The van der Waals surface area contributed by atoms with Gasteiger partial charge in [0.25, 0.3) is 0 Å². The quantitative estimate of drug-likeness (QED) is 0.315. The van der Waals surface area contributed by atoms with Crippen LogP contribution in [0.15, 0.2) is 48.5 Å². The molecule has 10 heteroatoms. The normalized spacial score (nSPS) is 10.0. The number of amides is 1. The summed E-state index contributed by atoms with van der Waals surface area (Å²) < 4.78 is 14.4. The summed E-state index contributed by atoms with van der Waals surface area (Å²) in [5, 5.41) is 2.94. The molecule has 0 atom stereocenters. The maximum absolute atomic E-state index is 12.2. The molecule has 0 saturated heterocycles. The topological polar surface area (TPSA) is 103 Å². The van der Waals surface area contributed by atoms with Crippen LogP contribution in [-0.4, -0.2) is 55.8 Å². The van der Waals surface area contributed by atoms with E-state index in [1.807, 2.05) is 12.1 Å². The number of methoxy groups -OCH3 is 2. The molecule has 1 amide bonds. The van der Waals surface area contributed by atoms with Gasteiger partial charge in [-0.2, -0.15) is 0 Å². The zero-order chi connectivity index (χ0) is 27.8. The maximum Gasteiger partial charge on any atom is 0.411 e. The van der Waals surface area contributed by atoms with E-state index in [1.165, 1.54) is 19.1 Å². The van der Waals surface area contributed by atoms with Crippen molar-refractivity contribution < 1.29 is 28.6 Å². The summed E-state index contributed by atoms with van der Waals surface area (Å²) in [6, 6.07) is 14.0. The highest BCUT2D eigenvalue weighted by molar-refractivity contribution is 5.78. The third-order valence-corrected chi connectivity index (χ3v) is 4.53. The largest absolute Gasteiger partial charge is 0.468 e. The molecule has 2 aromatic carbocycles. The summed E-state index contributed by atoms with van der Waals surface area (Å²) in [6.07, 6.45) is -0.591. The number of hydrogen-bond acceptors (Lipinski definition) is 7. The van der Waals surface area contributed by atoms with Crippen molar-refractivity contribution in [3.8, 4) is 0 Å². The van der Waals surface area contributed by atoms with Gasteiger partial charge in [-0.1, -0.05) is 48.5 Å². The summed E-state index contributed by atoms with van der Waals surface area (Å²) in [7, 11) is 2.62. The molecule has 0 bridgehead atoms. The Hall–Kier alpha value is -4.41. The summed E-state index contributed by atoms with van der Waals surface area (Å²) in [5.41, 5.74) is 2.31. The highest BCUT2D eigenvalue weighted by Crippen LogP contribution is 2.16. The first-order valence-corrected chi connectivity index (χ1v) is 11.3. The molecule has 0 aromatic heterocycles. The number of esters is 2. The van der Waals surface area contributed by atoms with Crippen LogP contribution >= 0.6 is 0 Å². The predicted molar refractivity (Wildman–Crippen MR) is 138 cm³/mol. The average molecular weight is 509 g/mol. The van der Waals surface area contributed by atoms with Crippen molar-refractivity contribution in [3.63, 3.8) is 0 Å². The van der Waals surface area contributed by atoms with Gasteiger partial charge in [0.15, 0.2) is 11.4 Å². The average Bonchev–Trinajstić information content (AvgIpc) is 2.88. The van der Waals surface area contributed by atoms with Crippen molar-refractivity contribution in [2.45, 2.75) is 39.5 Å². The van der Waals surface area contributed by atoms with Gasteiger partial charge in [-0.05, 0) is 31.9 Å². The third-order valence-electron chi connectivity index (χ3n) is 4.53. The first-order valence-electron chi connectivity index (χ1n) is 11.3. The second kappa shape index (κ2) is 15.6. The summed E-state index contributed by atoms with van der Waals surface area (Å²) in [5.74, 6) is -0.809. The van der Waals surface area contributed by atoms with E-state index in [2.05, 4.69) is 24.5 Å². The standard InChI is InChI=1S/C16H20N2O4.C11H12N2O2/c1-16(2,3)22-15(20)18(11-14(19)21-5)10-12-6-8-13(17-4)9-7-12;1-12-10-5-3-9(4-6-10)7-13-8-11(14)15-2/h6-9H,10-11H2,1-3,5H3;3-6,13H,7-8H2,2H3. The molecule has 0 aliphatic carbocycles. The van der Waals surface area contributed by atoms with Gasteiger partial charge >= 0.3 is 18.0 Å². The molecule has 0 radical (unpaired) electrons. The van der Waals surface area contributed by atoms with Gasteiger partial charge in [-0.25, -0.2) is 14.5 Å². The smallest absolute Gasteiger partial charge is 0.411 e. The fraction of sp³-hybridized carbons (Fsp3) is 0.370. The second-order valence-corrected chi connectivity index (χ2v) is 8.65. The number of nitrogens with one attached hydrogen (secondary N) is 1. The van der Waals surface area contributed by atoms with Crippen LogP contribution in [0.3, 0.4) is 0 Å². The molecule has 1 N–H and O–H groups in total. The SMILES string of the molecule is [C-]#[N+]c1ccc(CN(CC(=O)OC)C(=O)OC(C)(C)C)cc1.[C-]#[N+]c1ccc(CNCC(=O)OC)cc1. The molecule has 0 aliphatic rings. The van der Waals surface area contributed by atoms with Gasteiger partial charge in [0, 0.05) is 13.1 Å². The zero-order valence-electron chi connectivity index (χ0n) is 21.7. The van der Waals surface area contributed by atoms with Gasteiger partial charge < -0.3 is 19.5 Å². The number of rotatable bonds is 8. The van der Waals surface area contributed by atoms with E-state index >= 15 is 0 Å². The van der Waals surface area contributed by atoms with E-state index < -0.39 is 17.7 Å². The van der Waals surface area contributed by atoms with Gasteiger partial charge in [0.1, 0.15) is 12.1 Å². The van der Waals surface area contributed by atoms with E-state index in [4.69, 9.17) is 17.9 Å². The summed E-state index contributed by atoms with van der Waals surface area (Å²) in [4.78, 5) is 42.3. The van der Waals surface area contributed by atoms with Crippen LogP contribution in [0.1, 0.15) is 31.9 Å². The number of carbonyl (C=O) groups excluding carboxylic acids is 3. The molecule has 2 rings (SSSR count). The van der Waals surface area contributed by atoms with Crippen molar-refractivity contribution >= 4 is 29.4 Å². The van der Waals surface area contributed by atoms with Crippen LogP contribution in [0.25, 0.3) is 9.69 Å². The number of benzene rings is 2. The minimum absolute atomic E-state index is 0.196. The Balaban J connectivity index is 0.000000397.